The monoisotopic (exact) mass is 279 g/mol. The fourth-order valence-electron chi connectivity index (χ4n) is 2.03. The molecule has 2 atom stereocenters. The molecule has 1 aliphatic heterocycles. The van der Waals surface area contributed by atoms with Gasteiger partial charge in [0.05, 0.1) is 25.6 Å². The molecule has 1 aromatic rings. The van der Waals surface area contributed by atoms with Crippen molar-refractivity contribution in [1.82, 2.24) is 15.5 Å². The van der Waals surface area contributed by atoms with Crippen LogP contribution in [0.25, 0.3) is 0 Å². The summed E-state index contributed by atoms with van der Waals surface area (Å²) in [5.41, 5.74) is 0. The summed E-state index contributed by atoms with van der Waals surface area (Å²) in [5.74, 6) is 0.349. The molecular weight excluding hydrogens is 263 g/mol. The molecule has 0 saturated carbocycles. The van der Waals surface area contributed by atoms with Crippen LogP contribution < -0.4 is 5.32 Å². The van der Waals surface area contributed by atoms with Crippen LogP contribution in [0.15, 0.2) is 4.52 Å². The molecule has 1 fully saturated rings. The maximum absolute atomic E-state index is 12.1. The van der Waals surface area contributed by atoms with Crippen LogP contribution in [0.4, 0.5) is 13.2 Å². The standard InChI is InChI=1S/C11H16F3N3O2/c1-2-15-8-6-18-5-7(8)10-16-9(17-19-10)3-4-11(12,13)14/h7-8,15H,2-6H2,1H3. The topological polar surface area (TPSA) is 60.2 Å². The molecule has 8 heteroatoms. The van der Waals surface area contributed by atoms with Crippen LogP contribution in [-0.4, -0.2) is 42.1 Å². The van der Waals surface area contributed by atoms with Crippen LogP contribution in [0.5, 0.6) is 0 Å². The summed E-state index contributed by atoms with van der Waals surface area (Å²) >= 11 is 0. The quantitative estimate of drug-likeness (QED) is 0.888. The molecule has 19 heavy (non-hydrogen) atoms. The smallest absolute Gasteiger partial charge is 0.379 e. The van der Waals surface area contributed by atoms with Crippen molar-refractivity contribution in [3.63, 3.8) is 0 Å². The van der Waals surface area contributed by atoms with Crippen molar-refractivity contribution in [1.29, 1.82) is 0 Å². The van der Waals surface area contributed by atoms with Crippen molar-refractivity contribution in [2.75, 3.05) is 19.8 Å². The second-order valence-electron chi connectivity index (χ2n) is 4.47. The van der Waals surface area contributed by atoms with E-state index in [1.165, 1.54) is 0 Å². The molecule has 1 aliphatic rings. The van der Waals surface area contributed by atoms with Gasteiger partial charge in [-0.25, -0.2) is 0 Å². The molecule has 0 radical (unpaired) electrons. The van der Waals surface area contributed by atoms with Crippen LogP contribution in [0.3, 0.4) is 0 Å². The zero-order valence-corrected chi connectivity index (χ0v) is 10.5. The normalized spacial score (nSPS) is 24.0. The van der Waals surface area contributed by atoms with E-state index in [1.807, 2.05) is 6.92 Å². The van der Waals surface area contributed by atoms with E-state index in [1.54, 1.807) is 0 Å². The average molecular weight is 279 g/mol. The number of halogens is 3. The molecule has 5 nitrogen and oxygen atoms in total. The van der Waals surface area contributed by atoms with E-state index in [9.17, 15) is 13.2 Å². The van der Waals surface area contributed by atoms with Gasteiger partial charge in [-0.05, 0) is 6.54 Å². The molecule has 1 aromatic heterocycles. The molecule has 2 unspecified atom stereocenters. The minimum atomic E-state index is -4.20. The van der Waals surface area contributed by atoms with Crippen molar-refractivity contribution >= 4 is 0 Å². The van der Waals surface area contributed by atoms with Crippen molar-refractivity contribution in [3.05, 3.63) is 11.7 Å². The summed E-state index contributed by atoms with van der Waals surface area (Å²) in [5, 5.41) is 6.81. The molecule has 0 aromatic carbocycles. The number of hydrogen-bond acceptors (Lipinski definition) is 5. The second-order valence-corrected chi connectivity index (χ2v) is 4.47. The molecule has 0 bridgehead atoms. The molecule has 0 aliphatic carbocycles. The third kappa shape index (κ3) is 3.90. The minimum absolute atomic E-state index is 0.0703. The van der Waals surface area contributed by atoms with Crippen molar-refractivity contribution in [3.8, 4) is 0 Å². The maximum Gasteiger partial charge on any atom is 0.389 e. The van der Waals surface area contributed by atoms with E-state index in [-0.39, 0.29) is 24.2 Å². The van der Waals surface area contributed by atoms with E-state index >= 15 is 0 Å². The average Bonchev–Trinajstić information content (AvgIpc) is 2.93. The second kappa shape index (κ2) is 5.87. The highest BCUT2D eigenvalue weighted by molar-refractivity contribution is 5.02. The lowest BCUT2D eigenvalue weighted by Crippen LogP contribution is -2.34. The van der Waals surface area contributed by atoms with Gasteiger partial charge < -0.3 is 14.6 Å². The first-order valence-electron chi connectivity index (χ1n) is 6.20. The van der Waals surface area contributed by atoms with Gasteiger partial charge in [-0.3, -0.25) is 0 Å². The Hall–Kier alpha value is -1.15. The number of likely N-dealkylation sites (N-methyl/N-ethyl adjacent to an activating group) is 1. The lowest BCUT2D eigenvalue weighted by Gasteiger charge is -2.13. The van der Waals surface area contributed by atoms with Gasteiger partial charge >= 0.3 is 6.18 Å². The van der Waals surface area contributed by atoms with Gasteiger partial charge in [0, 0.05) is 12.5 Å². The number of hydrogen-bond donors (Lipinski definition) is 1. The number of aromatic nitrogens is 2. The lowest BCUT2D eigenvalue weighted by molar-refractivity contribution is -0.134. The number of ether oxygens (including phenoxy) is 1. The Kier molecular flexibility index (Phi) is 4.41. The molecule has 108 valence electrons. The van der Waals surface area contributed by atoms with Gasteiger partial charge in [-0.2, -0.15) is 18.2 Å². The fourth-order valence-corrected chi connectivity index (χ4v) is 2.03. The van der Waals surface area contributed by atoms with Gasteiger partial charge in [0.25, 0.3) is 0 Å². The highest BCUT2D eigenvalue weighted by Crippen LogP contribution is 2.26. The number of alkyl halides is 3. The molecular formula is C11H16F3N3O2. The molecule has 1 saturated heterocycles. The summed E-state index contributed by atoms with van der Waals surface area (Å²) in [4.78, 5) is 4.03. The Balaban J connectivity index is 1.96. The highest BCUT2D eigenvalue weighted by Gasteiger charge is 2.34. The largest absolute Gasteiger partial charge is 0.389 e. The van der Waals surface area contributed by atoms with E-state index in [2.05, 4.69) is 15.5 Å². The predicted molar refractivity (Wildman–Crippen MR) is 59.7 cm³/mol. The number of rotatable bonds is 5. The molecule has 2 heterocycles. The molecule has 0 amide bonds. The van der Waals surface area contributed by atoms with Crippen LogP contribution in [0.1, 0.15) is 31.0 Å². The van der Waals surface area contributed by atoms with Crippen LogP contribution in [-0.2, 0) is 11.2 Å². The van der Waals surface area contributed by atoms with Gasteiger partial charge in [-0.1, -0.05) is 12.1 Å². The SMILES string of the molecule is CCNC1COCC1c1nc(CCC(F)(F)F)no1. The highest BCUT2D eigenvalue weighted by atomic mass is 19.4. The van der Waals surface area contributed by atoms with Crippen molar-refractivity contribution in [2.45, 2.75) is 37.9 Å². The van der Waals surface area contributed by atoms with Crippen molar-refractivity contribution < 1.29 is 22.4 Å². The third-order valence-electron chi connectivity index (χ3n) is 2.98. The van der Waals surface area contributed by atoms with E-state index in [0.29, 0.717) is 19.1 Å². The Morgan fingerprint density at radius 3 is 2.84 bits per heavy atom. The van der Waals surface area contributed by atoms with E-state index in [4.69, 9.17) is 9.26 Å². The summed E-state index contributed by atoms with van der Waals surface area (Å²) in [6, 6.07) is 0.0703. The lowest BCUT2D eigenvalue weighted by atomic mass is 10.0. The summed E-state index contributed by atoms with van der Waals surface area (Å²) in [6.45, 7) is 3.73. The maximum atomic E-state index is 12.1. The summed E-state index contributed by atoms with van der Waals surface area (Å²) < 4.78 is 46.7. The first kappa shape index (κ1) is 14.3. The summed E-state index contributed by atoms with van der Waals surface area (Å²) in [6.07, 6.45) is -5.40. The zero-order valence-electron chi connectivity index (χ0n) is 10.5. The third-order valence-corrected chi connectivity index (χ3v) is 2.98. The minimum Gasteiger partial charge on any atom is -0.379 e. The molecule has 2 rings (SSSR count). The predicted octanol–water partition coefficient (Wildman–Crippen LogP) is 1.66. The fraction of sp³-hybridized carbons (Fsp3) is 0.818. The van der Waals surface area contributed by atoms with E-state index in [0.717, 1.165) is 6.54 Å². The van der Waals surface area contributed by atoms with Gasteiger partial charge in [0.1, 0.15) is 0 Å². The number of nitrogens with one attached hydrogen (secondary N) is 1. The number of aryl methyl sites for hydroxylation is 1. The number of nitrogens with zero attached hydrogens (tertiary/aromatic N) is 2. The van der Waals surface area contributed by atoms with Crippen LogP contribution in [0, 0.1) is 0 Å². The molecule has 0 spiro atoms. The molecule has 1 N–H and O–H groups in total. The Bertz CT molecular complexity index is 408. The first-order valence-corrected chi connectivity index (χ1v) is 6.20. The van der Waals surface area contributed by atoms with Gasteiger partial charge in [0.2, 0.25) is 5.89 Å². The van der Waals surface area contributed by atoms with Gasteiger partial charge in [-0.15, -0.1) is 0 Å². The Labute approximate surface area is 108 Å². The van der Waals surface area contributed by atoms with Crippen LogP contribution >= 0.6 is 0 Å². The summed E-state index contributed by atoms with van der Waals surface area (Å²) in [7, 11) is 0. The Morgan fingerprint density at radius 1 is 1.37 bits per heavy atom. The zero-order chi connectivity index (χ0) is 13.9. The first-order chi connectivity index (χ1) is 8.99. The van der Waals surface area contributed by atoms with Crippen molar-refractivity contribution in [2.24, 2.45) is 0 Å². The van der Waals surface area contributed by atoms with Gasteiger partial charge in [0.15, 0.2) is 5.82 Å². The Morgan fingerprint density at radius 2 is 2.16 bits per heavy atom. The van der Waals surface area contributed by atoms with E-state index < -0.39 is 12.6 Å². The van der Waals surface area contributed by atoms with Crippen LogP contribution in [0.2, 0.25) is 0 Å².